The van der Waals surface area contributed by atoms with Gasteiger partial charge in [-0.25, -0.2) is 0 Å². The van der Waals surface area contributed by atoms with E-state index in [1.54, 1.807) is 36.4 Å². The number of carbonyl (C=O) groups is 2. The summed E-state index contributed by atoms with van der Waals surface area (Å²) >= 11 is 0. The van der Waals surface area contributed by atoms with Crippen molar-refractivity contribution in [3.8, 4) is 16.9 Å². The highest BCUT2D eigenvalue weighted by Gasteiger charge is 2.29. The van der Waals surface area contributed by atoms with Crippen molar-refractivity contribution in [1.29, 1.82) is 0 Å². The van der Waals surface area contributed by atoms with Crippen LogP contribution in [-0.2, 0) is 17.4 Å². The zero-order valence-electron chi connectivity index (χ0n) is 18.3. The van der Waals surface area contributed by atoms with Gasteiger partial charge in [-0.15, -0.1) is 0 Å². The summed E-state index contributed by atoms with van der Waals surface area (Å²) in [6.45, 7) is 0.565. The third kappa shape index (κ3) is 7.37. The van der Waals surface area contributed by atoms with E-state index in [9.17, 15) is 22.8 Å². The standard InChI is InChI=1S/C26H24F3NO4/c27-26(28,29)22-11-7-19(8-12-22)20-9-13-23(14-10-20)34-17-1-2-18-3-5-21(6-4-18)25(33)30-16-15-24(31)32/h3-14H,1-2,15-17H2,(H,30,33)(H,31,32). The van der Waals surface area contributed by atoms with Crippen molar-refractivity contribution in [1.82, 2.24) is 5.32 Å². The minimum atomic E-state index is -4.35. The molecule has 0 heterocycles. The Bertz CT molecular complexity index is 1090. The minimum absolute atomic E-state index is 0.0819. The second kappa shape index (κ2) is 11.4. The zero-order valence-corrected chi connectivity index (χ0v) is 18.3. The maximum Gasteiger partial charge on any atom is 0.416 e. The number of ether oxygens (including phenoxy) is 1. The summed E-state index contributed by atoms with van der Waals surface area (Å²) < 4.78 is 43.8. The van der Waals surface area contributed by atoms with Crippen molar-refractivity contribution in [2.45, 2.75) is 25.4 Å². The van der Waals surface area contributed by atoms with E-state index in [1.165, 1.54) is 12.1 Å². The number of carboxylic acids is 1. The molecular weight excluding hydrogens is 447 g/mol. The van der Waals surface area contributed by atoms with Crippen LogP contribution in [0, 0.1) is 0 Å². The third-order valence-corrected chi connectivity index (χ3v) is 5.12. The average molecular weight is 471 g/mol. The Morgan fingerprint density at radius 2 is 1.44 bits per heavy atom. The molecule has 3 rings (SSSR count). The molecule has 5 nitrogen and oxygen atoms in total. The molecule has 34 heavy (non-hydrogen) atoms. The summed E-state index contributed by atoms with van der Waals surface area (Å²) in [5.74, 6) is -0.604. The number of halogens is 3. The van der Waals surface area contributed by atoms with Crippen molar-refractivity contribution < 1.29 is 32.6 Å². The fraction of sp³-hybridized carbons (Fsp3) is 0.231. The van der Waals surface area contributed by atoms with Gasteiger partial charge in [-0.3, -0.25) is 9.59 Å². The van der Waals surface area contributed by atoms with Gasteiger partial charge in [-0.05, 0) is 65.9 Å². The van der Waals surface area contributed by atoms with Gasteiger partial charge in [-0.1, -0.05) is 36.4 Å². The fourth-order valence-electron chi connectivity index (χ4n) is 3.27. The van der Waals surface area contributed by atoms with Crippen molar-refractivity contribution in [2.75, 3.05) is 13.2 Å². The summed E-state index contributed by atoms with van der Waals surface area (Å²) in [5.41, 5.74) is 2.33. The molecule has 0 aliphatic carbocycles. The number of rotatable bonds is 10. The average Bonchev–Trinajstić information content (AvgIpc) is 2.82. The van der Waals surface area contributed by atoms with E-state index in [4.69, 9.17) is 9.84 Å². The molecule has 0 bridgehead atoms. The monoisotopic (exact) mass is 471 g/mol. The van der Waals surface area contributed by atoms with Crippen molar-refractivity contribution in [3.05, 3.63) is 89.5 Å². The number of carboxylic acid groups (broad SMARTS) is 1. The molecule has 0 radical (unpaired) electrons. The van der Waals surface area contributed by atoms with Gasteiger partial charge in [0.25, 0.3) is 5.91 Å². The zero-order chi connectivity index (χ0) is 24.6. The molecule has 2 N–H and O–H groups in total. The van der Waals surface area contributed by atoms with Crippen LogP contribution in [0.15, 0.2) is 72.8 Å². The van der Waals surface area contributed by atoms with E-state index in [2.05, 4.69) is 5.32 Å². The molecule has 0 saturated heterocycles. The van der Waals surface area contributed by atoms with Crippen LogP contribution in [-0.4, -0.2) is 30.1 Å². The van der Waals surface area contributed by atoms with E-state index in [-0.39, 0.29) is 18.9 Å². The molecule has 178 valence electrons. The molecule has 3 aromatic rings. The van der Waals surface area contributed by atoms with Gasteiger partial charge in [0, 0.05) is 12.1 Å². The first-order chi connectivity index (χ1) is 16.2. The summed E-state index contributed by atoms with van der Waals surface area (Å²) in [4.78, 5) is 22.5. The largest absolute Gasteiger partial charge is 0.494 e. The predicted octanol–water partition coefficient (Wildman–Crippen LogP) is 5.59. The molecule has 3 aromatic carbocycles. The van der Waals surface area contributed by atoms with Crippen LogP contribution in [0.1, 0.15) is 34.3 Å². The first-order valence-electron chi connectivity index (χ1n) is 10.7. The van der Waals surface area contributed by atoms with Gasteiger partial charge < -0.3 is 15.2 Å². The highest BCUT2D eigenvalue weighted by molar-refractivity contribution is 5.94. The summed E-state index contributed by atoms with van der Waals surface area (Å²) in [7, 11) is 0. The molecule has 0 spiro atoms. The van der Waals surface area contributed by atoms with Gasteiger partial charge in [0.1, 0.15) is 5.75 Å². The van der Waals surface area contributed by atoms with Crippen LogP contribution >= 0.6 is 0 Å². The number of amides is 1. The number of benzene rings is 3. The maximum absolute atomic E-state index is 12.7. The lowest BCUT2D eigenvalue weighted by atomic mass is 10.0. The smallest absolute Gasteiger partial charge is 0.416 e. The summed E-state index contributed by atoms with van der Waals surface area (Å²) in [5, 5.41) is 11.2. The van der Waals surface area contributed by atoms with Crippen LogP contribution in [0.25, 0.3) is 11.1 Å². The van der Waals surface area contributed by atoms with E-state index >= 15 is 0 Å². The minimum Gasteiger partial charge on any atom is -0.494 e. The number of nitrogens with one attached hydrogen (secondary N) is 1. The number of aliphatic carboxylic acids is 1. The topological polar surface area (TPSA) is 75.6 Å². The second-order valence-corrected chi connectivity index (χ2v) is 7.65. The Morgan fingerprint density at radius 1 is 0.853 bits per heavy atom. The van der Waals surface area contributed by atoms with Crippen molar-refractivity contribution in [2.24, 2.45) is 0 Å². The van der Waals surface area contributed by atoms with Gasteiger partial charge in [0.05, 0.1) is 18.6 Å². The fourth-order valence-corrected chi connectivity index (χ4v) is 3.27. The molecular formula is C26H24F3NO4. The number of aryl methyl sites for hydroxylation is 1. The highest BCUT2D eigenvalue weighted by Crippen LogP contribution is 2.31. The number of hydrogen-bond acceptors (Lipinski definition) is 3. The van der Waals surface area contributed by atoms with Crippen LogP contribution < -0.4 is 10.1 Å². The van der Waals surface area contributed by atoms with Gasteiger partial charge in [0.15, 0.2) is 0 Å². The molecule has 0 aliphatic rings. The predicted molar refractivity (Wildman–Crippen MR) is 122 cm³/mol. The molecule has 8 heteroatoms. The van der Waals surface area contributed by atoms with Crippen molar-refractivity contribution >= 4 is 11.9 Å². The lowest BCUT2D eigenvalue weighted by Crippen LogP contribution is -2.25. The first-order valence-corrected chi connectivity index (χ1v) is 10.7. The number of hydrogen-bond donors (Lipinski definition) is 2. The van der Waals surface area contributed by atoms with E-state index in [0.717, 1.165) is 36.1 Å². The normalized spacial score (nSPS) is 11.1. The Kier molecular flexibility index (Phi) is 8.29. The van der Waals surface area contributed by atoms with Crippen LogP contribution in [0.2, 0.25) is 0 Å². The lowest BCUT2D eigenvalue weighted by Gasteiger charge is -2.09. The van der Waals surface area contributed by atoms with Gasteiger partial charge in [-0.2, -0.15) is 13.2 Å². The lowest BCUT2D eigenvalue weighted by molar-refractivity contribution is -0.138. The summed E-state index contributed by atoms with van der Waals surface area (Å²) in [6, 6.07) is 19.3. The van der Waals surface area contributed by atoms with Gasteiger partial charge in [0.2, 0.25) is 0 Å². The van der Waals surface area contributed by atoms with Crippen LogP contribution in [0.3, 0.4) is 0 Å². The SMILES string of the molecule is O=C(O)CCNC(=O)c1ccc(CCCOc2ccc(-c3ccc(C(F)(F)F)cc3)cc2)cc1. The Labute approximate surface area is 195 Å². The molecule has 0 unspecified atom stereocenters. The Morgan fingerprint density at radius 3 is 2.00 bits per heavy atom. The highest BCUT2D eigenvalue weighted by atomic mass is 19.4. The van der Waals surface area contributed by atoms with Gasteiger partial charge >= 0.3 is 12.1 Å². The second-order valence-electron chi connectivity index (χ2n) is 7.65. The Hall–Kier alpha value is -3.81. The van der Waals surface area contributed by atoms with Crippen LogP contribution in [0.4, 0.5) is 13.2 Å². The third-order valence-electron chi connectivity index (χ3n) is 5.12. The Balaban J connectivity index is 1.42. The van der Waals surface area contributed by atoms with E-state index < -0.39 is 17.7 Å². The van der Waals surface area contributed by atoms with E-state index in [1.807, 2.05) is 12.1 Å². The van der Waals surface area contributed by atoms with Crippen molar-refractivity contribution in [3.63, 3.8) is 0 Å². The number of carbonyl (C=O) groups excluding carboxylic acids is 1. The maximum atomic E-state index is 12.7. The quantitative estimate of drug-likeness (QED) is 0.378. The molecule has 0 fully saturated rings. The molecule has 0 aromatic heterocycles. The number of alkyl halides is 3. The van der Waals surface area contributed by atoms with E-state index in [0.29, 0.717) is 23.5 Å². The molecule has 0 saturated carbocycles. The first kappa shape index (κ1) is 24.8. The summed E-state index contributed by atoms with van der Waals surface area (Å²) in [6.07, 6.45) is -2.97. The molecule has 0 aliphatic heterocycles. The van der Waals surface area contributed by atoms with Crippen LogP contribution in [0.5, 0.6) is 5.75 Å². The molecule has 0 atom stereocenters. The molecule has 1 amide bonds.